The van der Waals surface area contributed by atoms with E-state index >= 15 is 0 Å². The van der Waals surface area contributed by atoms with Crippen LogP contribution < -0.4 is 15.1 Å². The Hall–Kier alpha value is -4.09. The fourth-order valence-corrected chi connectivity index (χ4v) is 6.44. The smallest absolute Gasteiger partial charge is 0.276 e. The Morgan fingerprint density at radius 1 is 1.10 bits per heavy atom. The van der Waals surface area contributed by atoms with E-state index < -0.39 is 15.7 Å². The number of amides is 2. The van der Waals surface area contributed by atoms with Gasteiger partial charge in [0.25, 0.3) is 11.8 Å². The standard InChI is InChI=1S/C30H29FN4O4S2/c1-19-8-6-10-22(31)27(19)33-29(36)25-18-20-14-15-35(24-12-5-4-9-21(24)28(20)40-25)30(37)23-11-7-13-26(32-23)34(2)16-17-41(3,38)39/h4-13,18H,14-17H2,1-3H3,(H,33,36). The van der Waals surface area contributed by atoms with E-state index in [2.05, 4.69) is 10.3 Å². The number of halogens is 1. The van der Waals surface area contributed by atoms with Crippen LogP contribution in [0, 0.1) is 12.7 Å². The summed E-state index contributed by atoms with van der Waals surface area (Å²) >= 11 is 1.31. The Balaban J connectivity index is 1.42. The second-order valence-corrected chi connectivity index (χ2v) is 13.3. The van der Waals surface area contributed by atoms with Crippen molar-refractivity contribution in [2.45, 2.75) is 13.3 Å². The van der Waals surface area contributed by atoms with Crippen molar-refractivity contribution in [3.8, 4) is 10.4 Å². The minimum atomic E-state index is -3.14. The molecule has 212 valence electrons. The number of hydrogen-bond donors (Lipinski definition) is 1. The summed E-state index contributed by atoms with van der Waals surface area (Å²) in [5, 5.41) is 2.71. The van der Waals surface area contributed by atoms with Crippen LogP contribution in [-0.2, 0) is 16.3 Å². The highest BCUT2D eigenvalue weighted by atomic mass is 32.2. The van der Waals surface area contributed by atoms with Crippen molar-refractivity contribution in [3.63, 3.8) is 0 Å². The molecule has 0 aliphatic carbocycles. The number of aryl methyl sites for hydroxylation is 1. The lowest BCUT2D eigenvalue weighted by Crippen LogP contribution is -2.33. The van der Waals surface area contributed by atoms with Gasteiger partial charge in [-0.3, -0.25) is 9.59 Å². The molecule has 0 unspecified atom stereocenters. The molecule has 1 aliphatic rings. The number of benzene rings is 2. The van der Waals surface area contributed by atoms with Crippen LogP contribution in [0.2, 0.25) is 0 Å². The van der Waals surface area contributed by atoms with Gasteiger partial charge in [-0.1, -0.05) is 36.4 Å². The summed E-state index contributed by atoms with van der Waals surface area (Å²) in [7, 11) is -1.40. The Bertz CT molecular complexity index is 1730. The van der Waals surface area contributed by atoms with E-state index in [9.17, 15) is 22.4 Å². The van der Waals surface area contributed by atoms with E-state index in [-0.39, 0.29) is 35.5 Å². The second-order valence-electron chi connectivity index (χ2n) is 10.0. The zero-order valence-electron chi connectivity index (χ0n) is 22.8. The number of hydrogen-bond acceptors (Lipinski definition) is 7. The summed E-state index contributed by atoms with van der Waals surface area (Å²) in [5.74, 6) is -0.676. The molecule has 4 aromatic rings. The normalized spacial score (nSPS) is 12.7. The highest BCUT2D eigenvalue weighted by molar-refractivity contribution is 7.90. The molecule has 0 fully saturated rings. The molecular formula is C30H29FN4O4S2. The number of anilines is 3. The zero-order chi connectivity index (χ0) is 29.3. The average Bonchev–Trinajstić information content (AvgIpc) is 3.31. The molecule has 2 aromatic heterocycles. The first-order chi connectivity index (χ1) is 19.5. The zero-order valence-corrected chi connectivity index (χ0v) is 24.5. The van der Waals surface area contributed by atoms with Crippen LogP contribution in [0.1, 0.15) is 31.3 Å². The van der Waals surface area contributed by atoms with Gasteiger partial charge in [0.2, 0.25) is 0 Å². The number of nitrogens with one attached hydrogen (secondary N) is 1. The molecule has 1 N–H and O–H groups in total. The molecule has 0 saturated carbocycles. The summed E-state index contributed by atoms with van der Waals surface area (Å²) in [5.41, 5.74) is 3.49. The van der Waals surface area contributed by atoms with Crippen molar-refractivity contribution in [1.82, 2.24) is 4.98 Å². The Kier molecular flexibility index (Phi) is 7.92. The molecule has 0 radical (unpaired) electrons. The number of aromatic nitrogens is 1. The number of thiophene rings is 1. The summed E-state index contributed by atoms with van der Waals surface area (Å²) in [6, 6.07) is 19.1. The van der Waals surface area contributed by atoms with Crippen LogP contribution in [0.25, 0.3) is 10.4 Å². The molecule has 5 rings (SSSR count). The molecule has 41 heavy (non-hydrogen) atoms. The summed E-state index contributed by atoms with van der Waals surface area (Å²) in [6.07, 6.45) is 1.69. The van der Waals surface area contributed by atoms with E-state index in [1.807, 2.05) is 30.3 Å². The van der Waals surface area contributed by atoms with Crippen LogP contribution in [0.15, 0.2) is 66.7 Å². The van der Waals surface area contributed by atoms with Crippen molar-refractivity contribution in [3.05, 3.63) is 94.2 Å². The number of para-hydroxylation sites is 2. The molecule has 0 spiro atoms. The molecule has 1 aliphatic heterocycles. The average molecular weight is 593 g/mol. The van der Waals surface area contributed by atoms with Gasteiger partial charge in [-0.25, -0.2) is 17.8 Å². The maximum Gasteiger partial charge on any atom is 0.276 e. The van der Waals surface area contributed by atoms with Crippen molar-refractivity contribution >= 4 is 50.2 Å². The summed E-state index contributed by atoms with van der Waals surface area (Å²) in [6.45, 7) is 2.36. The molecule has 2 aromatic carbocycles. The van der Waals surface area contributed by atoms with E-state index in [1.165, 1.54) is 23.7 Å². The maximum atomic E-state index is 14.3. The number of rotatable bonds is 7. The van der Waals surface area contributed by atoms with Gasteiger partial charge in [0.15, 0.2) is 0 Å². The molecule has 0 bridgehead atoms. The number of fused-ring (bicyclic) bond motifs is 3. The van der Waals surface area contributed by atoms with Crippen molar-refractivity contribution in [2.75, 3.05) is 47.3 Å². The quantitative estimate of drug-likeness (QED) is 0.317. The van der Waals surface area contributed by atoms with Gasteiger partial charge in [0, 0.05) is 36.8 Å². The van der Waals surface area contributed by atoms with Gasteiger partial charge < -0.3 is 15.1 Å². The molecular weight excluding hydrogens is 563 g/mol. The van der Waals surface area contributed by atoms with E-state index in [4.69, 9.17) is 0 Å². The van der Waals surface area contributed by atoms with Crippen molar-refractivity contribution in [1.29, 1.82) is 0 Å². The Labute approximate surface area is 242 Å². The minimum absolute atomic E-state index is 0.0226. The van der Waals surface area contributed by atoms with E-state index in [1.54, 1.807) is 54.1 Å². The molecule has 0 saturated heterocycles. The Morgan fingerprint density at radius 2 is 1.85 bits per heavy atom. The first kappa shape index (κ1) is 28.4. The molecule has 2 amide bonds. The third kappa shape index (κ3) is 6.15. The van der Waals surface area contributed by atoms with Gasteiger partial charge in [0.05, 0.1) is 22.0 Å². The lowest BCUT2D eigenvalue weighted by atomic mass is 10.1. The monoisotopic (exact) mass is 592 g/mol. The summed E-state index contributed by atoms with van der Waals surface area (Å²) < 4.78 is 37.5. The molecule has 8 nitrogen and oxygen atoms in total. The van der Waals surface area contributed by atoms with Crippen LogP contribution in [0.5, 0.6) is 0 Å². The number of carbonyl (C=O) groups is 2. The minimum Gasteiger partial charge on any atom is -0.359 e. The fourth-order valence-electron chi connectivity index (χ4n) is 4.69. The lowest BCUT2D eigenvalue weighted by Gasteiger charge is -2.24. The van der Waals surface area contributed by atoms with Gasteiger partial charge in [0.1, 0.15) is 27.2 Å². The lowest BCUT2D eigenvalue weighted by molar-refractivity contribution is 0.0981. The highest BCUT2D eigenvalue weighted by Crippen LogP contribution is 2.42. The summed E-state index contributed by atoms with van der Waals surface area (Å²) in [4.78, 5) is 36.2. The van der Waals surface area contributed by atoms with Crippen molar-refractivity contribution < 1.29 is 22.4 Å². The van der Waals surface area contributed by atoms with Gasteiger partial charge in [-0.15, -0.1) is 11.3 Å². The largest absolute Gasteiger partial charge is 0.359 e. The predicted molar refractivity (Wildman–Crippen MR) is 161 cm³/mol. The Morgan fingerprint density at radius 3 is 2.61 bits per heavy atom. The number of sulfone groups is 1. The third-order valence-corrected chi connectivity index (χ3v) is 9.06. The van der Waals surface area contributed by atoms with E-state index in [0.717, 1.165) is 16.0 Å². The first-order valence-electron chi connectivity index (χ1n) is 13.0. The van der Waals surface area contributed by atoms with E-state index in [0.29, 0.717) is 34.9 Å². The molecule has 0 atom stereocenters. The maximum absolute atomic E-state index is 14.3. The number of carbonyl (C=O) groups excluding carboxylic acids is 2. The molecule has 11 heteroatoms. The van der Waals surface area contributed by atoms with Gasteiger partial charge in [-0.2, -0.15) is 0 Å². The SMILES string of the molecule is Cc1cccc(F)c1NC(=O)c1cc2c(s1)-c1ccccc1N(C(=O)c1cccc(N(C)CCS(C)(=O)=O)n1)CC2. The van der Waals surface area contributed by atoms with Gasteiger partial charge in [-0.05, 0) is 54.8 Å². The topological polar surface area (TPSA) is 99.7 Å². The van der Waals surface area contributed by atoms with Crippen LogP contribution >= 0.6 is 11.3 Å². The van der Waals surface area contributed by atoms with Crippen LogP contribution in [0.4, 0.5) is 21.6 Å². The predicted octanol–water partition coefficient (Wildman–Crippen LogP) is 5.19. The fraction of sp³-hybridized carbons (Fsp3) is 0.233. The molecule has 3 heterocycles. The number of nitrogens with zero attached hydrogens (tertiary/aromatic N) is 3. The highest BCUT2D eigenvalue weighted by Gasteiger charge is 2.28. The van der Waals surface area contributed by atoms with Crippen LogP contribution in [-0.4, -0.2) is 57.4 Å². The van der Waals surface area contributed by atoms with Crippen molar-refractivity contribution in [2.24, 2.45) is 0 Å². The van der Waals surface area contributed by atoms with Crippen LogP contribution in [0.3, 0.4) is 0 Å². The second kappa shape index (κ2) is 11.4. The third-order valence-electron chi connectivity index (χ3n) is 6.92. The number of pyridine rings is 1. The first-order valence-corrected chi connectivity index (χ1v) is 15.9. The van der Waals surface area contributed by atoms with Gasteiger partial charge >= 0.3 is 0 Å².